The predicted octanol–water partition coefficient (Wildman–Crippen LogP) is 5.14. The van der Waals surface area contributed by atoms with Gasteiger partial charge in [-0.1, -0.05) is 30.3 Å². The van der Waals surface area contributed by atoms with Crippen LogP contribution in [-0.4, -0.2) is 26.4 Å². The number of aromatic nitrogens is 3. The van der Waals surface area contributed by atoms with Gasteiger partial charge in [0.2, 0.25) is 11.6 Å². The molecule has 0 saturated carbocycles. The van der Waals surface area contributed by atoms with Gasteiger partial charge in [0, 0.05) is 23.8 Å². The zero-order chi connectivity index (χ0) is 21.1. The molecule has 2 heterocycles. The highest BCUT2D eigenvalue weighted by Gasteiger charge is 2.27. The van der Waals surface area contributed by atoms with E-state index in [9.17, 15) is 10.1 Å². The van der Waals surface area contributed by atoms with E-state index in [1.54, 1.807) is 11.1 Å². The largest absolute Gasteiger partial charge is 0.354 e. The molecule has 0 fully saturated rings. The molecule has 0 bridgehead atoms. The first-order valence-corrected chi connectivity index (χ1v) is 9.53. The first-order valence-electron chi connectivity index (χ1n) is 9.53. The number of nitrogens with zero attached hydrogens (tertiary/aromatic N) is 5. The van der Waals surface area contributed by atoms with Gasteiger partial charge in [0.1, 0.15) is 6.33 Å². The van der Waals surface area contributed by atoms with Gasteiger partial charge in [-0.2, -0.15) is 0 Å². The lowest BCUT2D eigenvalue weighted by atomic mass is 10.2. The summed E-state index contributed by atoms with van der Waals surface area (Å²) in [6, 6.07) is 17.2. The van der Waals surface area contributed by atoms with E-state index >= 15 is 0 Å². The van der Waals surface area contributed by atoms with Crippen molar-refractivity contribution in [3.63, 3.8) is 0 Å². The highest BCUT2D eigenvalue weighted by Crippen LogP contribution is 2.37. The van der Waals surface area contributed by atoms with E-state index in [1.807, 2.05) is 68.4 Å². The maximum absolute atomic E-state index is 12.1. The van der Waals surface area contributed by atoms with Crippen LogP contribution in [0.1, 0.15) is 12.5 Å². The summed E-state index contributed by atoms with van der Waals surface area (Å²) in [7, 11) is 0. The molecule has 0 saturated heterocycles. The second-order valence-electron chi connectivity index (χ2n) is 6.74. The first kappa shape index (κ1) is 19.3. The molecule has 4 aromatic rings. The normalized spacial score (nSPS) is 10.7. The monoisotopic (exact) mass is 400 g/mol. The van der Waals surface area contributed by atoms with Crippen LogP contribution in [0.5, 0.6) is 0 Å². The van der Waals surface area contributed by atoms with Crippen LogP contribution in [0, 0.1) is 17.0 Å². The number of aryl methyl sites for hydroxylation is 1. The maximum Gasteiger partial charge on any atom is 0.354 e. The smallest absolute Gasteiger partial charge is 0.332 e. The number of benzene rings is 2. The van der Waals surface area contributed by atoms with Crippen molar-refractivity contribution in [1.82, 2.24) is 15.0 Å². The van der Waals surface area contributed by atoms with E-state index in [0.717, 1.165) is 16.6 Å². The lowest BCUT2D eigenvalue weighted by Gasteiger charge is -2.22. The third-order valence-corrected chi connectivity index (χ3v) is 4.76. The second-order valence-corrected chi connectivity index (χ2v) is 6.74. The number of para-hydroxylation sites is 1. The summed E-state index contributed by atoms with van der Waals surface area (Å²) in [6.07, 6.45) is 3.02. The van der Waals surface area contributed by atoms with Gasteiger partial charge in [-0.05, 0) is 43.7 Å². The highest BCUT2D eigenvalue weighted by molar-refractivity contribution is 5.93. The van der Waals surface area contributed by atoms with Crippen LogP contribution < -0.4 is 10.2 Å². The Bertz CT molecular complexity index is 1220. The minimum Gasteiger partial charge on any atom is -0.332 e. The number of anilines is 4. The van der Waals surface area contributed by atoms with Crippen molar-refractivity contribution in [2.45, 2.75) is 13.8 Å². The Hall–Kier alpha value is -4.07. The van der Waals surface area contributed by atoms with E-state index in [0.29, 0.717) is 17.7 Å². The molecule has 0 spiro atoms. The Morgan fingerprint density at radius 2 is 1.87 bits per heavy atom. The minimum absolute atomic E-state index is 0.120. The van der Waals surface area contributed by atoms with Crippen LogP contribution >= 0.6 is 0 Å². The molecule has 8 heteroatoms. The molecule has 2 aromatic heterocycles. The Morgan fingerprint density at radius 3 is 2.63 bits per heavy atom. The van der Waals surface area contributed by atoms with Crippen LogP contribution in [0.4, 0.5) is 28.7 Å². The number of pyridine rings is 1. The van der Waals surface area contributed by atoms with Crippen molar-refractivity contribution in [1.29, 1.82) is 0 Å². The minimum atomic E-state index is -0.450. The molecule has 4 rings (SSSR count). The molecule has 2 aromatic carbocycles. The Kier molecular flexibility index (Phi) is 5.21. The Morgan fingerprint density at radius 1 is 1.07 bits per heavy atom. The summed E-state index contributed by atoms with van der Waals surface area (Å²) < 4.78 is 0. The van der Waals surface area contributed by atoms with Gasteiger partial charge in [-0.25, -0.2) is 9.97 Å². The summed E-state index contributed by atoms with van der Waals surface area (Å²) in [5.41, 5.74) is 3.05. The SMILES string of the molecule is CCN(c1cccc(C)c1)c1ncnc(Nc2cccc3cccnc23)c1[N+](=O)[O-]. The molecule has 0 atom stereocenters. The fourth-order valence-electron chi connectivity index (χ4n) is 3.41. The number of hydrogen-bond acceptors (Lipinski definition) is 7. The van der Waals surface area contributed by atoms with Gasteiger partial charge in [-0.3, -0.25) is 15.1 Å². The molecule has 0 aliphatic carbocycles. The highest BCUT2D eigenvalue weighted by atomic mass is 16.6. The molecule has 8 nitrogen and oxygen atoms in total. The van der Waals surface area contributed by atoms with Gasteiger partial charge in [0.15, 0.2) is 0 Å². The number of hydrogen-bond donors (Lipinski definition) is 1. The molecule has 0 aliphatic heterocycles. The van der Waals surface area contributed by atoms with Gasteiger partial charge < -0.3 is 10.2 Å². The molecule has 0 unspecified atom stereocenters. The lowest BCUT2D eigenvalue weighted by molar-refractivity contribution is -0.383. The molecule has 0 radical (unpaired) electrons. The van der Waals surface area contributed by atoms with Crippen molar-refractivity contribution in [2.24, 2.45) is 0 Å². The number of nitro groups is 1. The van der Waals surface area contributed by atoms with E-state index in [2.05, 4.69) is 20.3 Å². The van der Waals surface area contributed by atoms with E-state index in [4.69, 9.17) is 0 Å². The summed E-state index contributed by atoms with van der Waals surface area (Å²) in [4.78, 5) is 26.2. The number of nitrogens with one attached hydrogen (secondary N) is 1. The topological polar surface area (TPSA) is 97.1 Å². The summed E-state index contributed by atoms with van der Waals surface area (Å²) in [6.45, 7) is 4.42. The van der Waals surface area contributed by atoms with Crippen LogP contribution in [0.15, 0.2) is 67.1 Å². The summed E-state index contributed by atoms with van der Waals surface area (Å²) in [5.74, 6) is 0.355. The Balaban J connectivity index is 1.83. The van der Waals surface area contributed by atoms with Crippen molar-refractivity contribution in [3.05, 3.63) is 82.8 Å². The average molecular weight is 400 g/mol. The summed E-state index contributed by atoms with van der Waals surface area (Å²) >= 11 is 0. The predicted molar refractivity (Wildman–Crippen MR) is 118 cm³/mol. The van der Waals surface area contributed by atoms with Crippen molar-refractivity contribution in [2.75, 3.05) is 16.8 Å². The molecular formula is C22H20N6O2. The van der Waals surface area contributed by atoms with Gasteiger partial charge in [0.05, 0.1) is 16.1 Å². The fraction of sp³-hybridized carbons (Fsp3) is 0.136. The lowest BCUT2D eigenvalue weighted by Crippen LogP contribution is -2.20. The zero-order valence-electron chi connectivity index (χ0n) is 16.6. The quantitative estimate of drug-likeness (QED) is 0.353. The van der Waals surface area contributed by atoms with E-state index < -0.39 is 4.92 Å². The Labute approximate surface area is 173 Å². The van der Waals surface area contributed by atoms with Crippen molar-refractivity contribution in [3.8, 4) is 0 Å². The molecule has 1 N–H and O–H groups in total. The number of fused-ring (bicyclic) bond motifs is 1. The van der Waals surface area contributed by atoms with Crippen LogP contribution in [-0.2, 0) is 0 Å². The van der Waals surface area contributed by atoms with Gasteiger partial charge in [-0.15, -0.1) is 0 Å². The van der Waals surface area contributed by atoms with Gasteiger partial charge >= 0.3 is 5.69 Å². The molecule has 0 amide bonds. The maximum atomic E-state index is 12.1. The fourth-order valence-corrected chi connectivity index (χ4v) is 3.41. The molecule has 30 heavy (non-hydrogen) atoms. The van der Waals surface area contributed by atoms with Crippen LogP contribution in [0.25, 0.3) is 10.9 Å². The zero-order valence-corrected chi connectivity index (χ0v) is 16.6. The third kappa shape index (κ3) is 3.62. The molecule has 0 aliphatic rings. The third-order valence-electron chi connectivity index (χ3n) is 4.76. The molecular weight excluding hydrogens is 380 g/mol. The average Bonchev–Trinajstić information content (AvgIpc) is 2.75. The van der Waals surface area contributed by atoms with Crippen LogP contribution in [0.3, 0.4) is 0 Å². The number of rotatable bonds is 6. The van der Waals surface area contributed by atoms with Crippen molar-refractivity contribution >= 4 is 39.6 Å². The van der Waals surface area contributed by atoms with Crippen LogP contribution in [0.2, 0.25) is 0 Å². The van der Waals surface area contributed by atoms with E-state index in [-0.39, 0.29) is 17.3 Å². The standard InChI is InChI=1S/C22H20N6O2/c1-3-27(17-10-4-7-15(2)13-17)22-20(28(29)30)21(24-14-25-22)26-18-11-5-8-16-9-6-12-23-19(16)18/h4-14H,3H2,1-2H3,(H,24,25,26). The van der Waals surface area contributed by atoms with Gasteiger partial charge in [0.25, 0.3) is 0 Å². The van der Waals surface area contributed by atoms with E-state index in [1.165, 1.54) is 6.33 Å². The first-order chi connectivity index (χ1) is 14.6. The summed E-state index contributed by atoms with van der Waals surface area (Å²) in [5, 5.41) is 16.1. The second kappa shape index (κ2) is 8.12. The van der Waals surface area contributed by atoms with Crippen molar-refractivity contribution < 1.29 is 4.92 Å². The molecule has 150 valence electrons.